The molecule has 0 radical (unpaired) electrons. The molecule has 0 spiro atoms. The van der Waals surface area contributed by atoms with Crippen LogP contribution in [0.1, 0.15) is 67.2 Å². The molecule has 0 saturated carbocycles. The summed E-state index contributed by atoms with van der Waals surface area (Å²) >= 11 is 0. The van der Waals surface area contributed by atoms with Crippen LogP contribution < -0.4 is 45.4 Å². The average molecular weight is 720 g/mol. The summed E-state index contributed by atoms with van der Waals surface area (Å²) in [5, 5.41) is 20.8. The number of carbonyl (C=O) groups is 1. The first-order valence-corrected chi connectivity index (χ1v) is 19.3. The number of hydrogen-bond donors (Lipinski definition) is 6. The summed E-state index contributed by atoms with van der Waals surface area (Å²) in [7, 11) is -0.901. The van der Waals surface area contributed by atoms with Crippen molar-refractivity contribution in [2.24, 2.45) is 17.6 Å². The van der Waals surface area contributed by atoms with Crippen molar-refractivity contribution in [3.05, 3.63) is 41.0 Å². The van der Waals surface area contributed by atoms with Gasteiger partial charge in [0.15, 0.2) is 23.0 Å². The van der Waals surface area contributed by atoms with Gasteiger partial charge in [-0.2, -0.15) is 0 Å². The molecule has 14 nitrogen and oxygen atoms in total. The molecule has 7 N–H and O–H groups in total. The number of esters is 1. The van der Waals surface area contributed by atoms with E-state index in [2.05, 4.69) is 20.7 Å². The molecule has 0 bridgehead atoms. The number of phenolic OH excluding ortho intramolecular Hbond substituents is 1. The Hall–Kier alpha value is -3.34. The highest BCUT2D eigenvalue weighted by Crippen LogP contribution is 2.55. The zero-order valence-corrected chi connectivity index (χ0v) is 29.9. The first-order chi connectivity index (χ1) is 24.3. The Morgan fingerprint density at radius 3 is 1.90 bits per heavy atom. The number of ether oxygens (including phenoxy) is 5. The molecular weight excluding hydrogens is 666 g/mol. The van der Waals surface area contributed by atoms with Crippen molar-refractivity contribution in [3.8, 4) is 28.7 Å². The molecule has 2 heterocycles. The third-order valence-corrected chi connectivity index (χ3v) is 11.0. The standard InChI is InChI=1S/C35H53N5O9S/c1-45-29-17-23(18-30(46-2)34(29)41)31-24-19-27-28(49-22-48-27)20-25(24)33(26-21-47-35(42)32(26)31)40-50(43,44)16-15-39-14-8-7-13-38-12-6-5-11-37-10-4-3-9-36/h17-20,26,31-33,37-41H,3-16,21-22,36H2,1-2H3/t26-,31?,32-,33+/m0/s1. The normalized spacial score (nSPS) is 20.7. The lowest BCUT2D eigenvalue weighted by Gasteiger charge is -2.39. The van der Waals surface area contributed by atoms with Gasteiger partial charge in [-0.1, -0.05) is 0 Å². The lowest BCUT2D eigenvalue weighted by molar-refractivity contribution is -0.141. The van der Waals surface area contributed by atoms with Crippen molar-refractivity contribution in [1.82, 2.24) is 20.7 Å². The summed E-state index contributed by atoms with van der Waals surface area (Å²) < 4.78 is 57.7. The van der Waals surface area contributed by atoms with Crippen molar-refractivity contribution in [1.29, 1.82) is 0 Å². The van der Waals surface area contributed by atoms with Crippen LogP contribution >= 0.6 is 0 Å². The summed E-state index contributed by atoms with van der Waals surface area (Å²) in [5.74, 6) is -1.12. The number of unbranched alkanes of at least 4 members (excludes halogenated alkanes) is 3. The first-order valence-electron chi connectivity index (χ1n) is 17.6. The number of aromatic hydroxyl groups is 1. The molecular formula is C35H53N5O9S. The van der Waals surface area contributed by atoms with Gasteiger partial charge >= 0.3 is 5.97 Å². The Kier molecular flexibility index (Phi) is 13.8. The highest BCUT2D eigenvalue weighted by Gasteiger charge is 2.53. The maximum Gasteiger partial charge on any atom is 0.310 e. The molecule has 2 aromatic rings. The quantitative estimate of drug-likeness (QED) is 0.0767. The van der Waals surface area contributed by atoms with E-state index in [1.807, 2.05) is 0 Å². The van der Waals surface area contributed by atoms with E-state index >= 15 is 0 Å². The molecule has 3 aliphatic rings. The summed E-state index contributed by atoms with van der Waals surface area (Å²) in [6.07, 6.45) is 6.40. The van der Waals surface area contributed by atoms with Crippen LogP contribution in [0.25, 0.3) is 0 Å². The van der Waals surface area contributed by atoms with E-state index in [-0.39, 0.29) is 36.4 Å². The van der Waals surface area contributed by atoms with E-state index < -0.39 is 39.8 Å². The fourth-order valence-electron chi connectivity index (χ4n) is 7.04. The smallest absolute Gasteiger partial charge is 0.310 e. The monoisotopic (exact) mass is 719 g/mol. The van der Waals surface area contributed by atoms with Gasteiger partial charge in [-0.3, -0.25) is 4.79 Å². The van der Waals surface area contributed by atoms with Crippen molar-refractivity contribution in [2.75, 3.05) is 79.2 Å². The van der Waals surface area contributed by atoms with Gasteiger partial charge in [0, 0.05) is 18.4 Å². The Balaban J connectivity index is 1.17. The number of nitrogens with one attached hydrogen (secondary N) is 4. The van der Waals surface area contributed by atoms with E-state index in [4.69, 9.17) is 29.4 Å². The summed E-state index contributed by atoms with van der Waals surface area (Å²) in [6.45, 7) is 5.82. The van der Waals surface area contributed by atoms with Crippen molar-refractivity contribution in [2.45, 2.75) is 50.5 Å². The molecule has 2 aromatic carbocycles. The zero-order chi connectivity index (χ0) is 35.5. The minimum Gasteiger partial charge on any atom is -0.502 e. The van der Waals surface area contributed by atoms with E-state index in [1.165, 1.54) is 14.2 Å². The molecule has 1 saturated heterocycles. The van der Waals surface area contributed by atoms with Crippen LogP contribution in [-0.2, 0) is 19.6 Å². The van der Waals surface area contributed by atoms with Crippen molar-refractivity contribution >= 4 is 16.0 Å². The van der Waals surface area contributed by atoms with Crippen LogP contribution in [-0.4, -0.2) is 98.7 Å². The number of sulfonamides is 1. The number of carbonyl (C=O) groups excluding carboxylic acids is 1. The Bertz CT molecular complexity index is 1520. The molecule has 4 atom stereocenters. The maximum absolute atomic E-state index is 13.5. The molecule has 278 valence electrons. The molecule has 2 aliphatic heterocycles. The largest absolute Gasteiger partial charge is 0.502 e. The van der Waals surface area contributed by atoms with Crippen LogP contribution in [0.3, 0.4) is 0 Å². The second-order valence-electron chi connectivity index (χ2n) is 13.0. The first kappa shape index (κ1) is 37.9. The average Bonchev–Trinajstić information content (AvgIpc) is 3.73. The number of methoxy groups -OCH3 is 2. The molecule has 15 heteroatoms. The lowest BCUT2D eigenvalue weighted by atomic mass is 9.65. The second-order valence-corrected chi connectivity index (χ2v) is 14.9. The van der Waals surface area contributed by atoms with Crippen LogP contribution in [0.2, 0.25) is 0 Å². The third kappa shape index (κ3) is 9.30. The van der Waals surface area contributed by atoms with Gasteiger partial charge in [-0.05, 0) is 119 Å². The van der Waals surface area contributed by atoms with Gasteiger partial charge in [0.1, 0.15) is 0 Å². The molecule has 50 heavy (non-hydrogen) atoms. The molecule has 1 aliphatic carbocycles. The minimum absolute atomic E-state index is 0.0325. The van der Waals surface area contributed by atoms with Gasteiger partial charge in [0.2, 0.25) is 22.6 Å². The summed E-state index contributed by atoms with van der Waals surface area (Å²) in [4.78, 5) is 13.4. The van der Waals surface area contributed by atoms with Gasteiger partial charge in [0.25, 0.3) is 0 Å². The minimum atomic E-state index is -3.77. The summed E-state index contributed by atoms with van der Waals surface area (Å²) in [5.41, 5.74) is 7.53. The Labute approximate surface area is 295 Å². The highest BCUT2D eigenvalue weighted by molar-refractivity contribution is 7.89. The van der Waals surface area contributed by atoms with Crippen LogP contribution in [0.15, 0.2) is 24.3 Å². The molecule has 1 fully saturated rings. The van der Waals surface area contributed by atoms with Crippen LogP contribution in [0.5, 0.6) is 28.7 Å². The van der Waals surface area contributed by atoms with Crippen molar-refractivity contribution in [3.63, 3.8) is 0 Å². The van der Waals surface area contributed by atoms with Gasteiger partial charge in [0.05, 0.1) is 38.5 Å². The van der Waals surface area contributed by atoms with Crippen LogP contribution in [0, 0.1) is 11.8 Å². The van der Waals surface area contributed by atoms with E-state index in [9.17, 15) is 18.3 Å². The zero-order valence-electron chi connectivity index (χ0n) is 29.1. The number of cyclic esters (lactones) is 1. The number of hydrogen-bond acceptors (Lipinski definition) is 13. The lowest BCUT2D eigenvalue weighted by Crippen LogP contribution is -2.44. The Morgan fingerprint density at radius 1 is 0.800 bits per heavy atom. The number of fused-ring (bicyclic) bond motifs is 3. The fourth-order valence-corrected chi connectivity index (χ4v) is 8.25. The summed E-state index contributed by atoms with van der Waals surface area (Å²) in [6, 6.07) is 6.18. The predicted octanol–water partition coefficient (Wildman–Crippen LogP) is 2.10. The van der Waals surface area contributed by atoms with E-state index in [0.29, 0.717) is 41.3 Å². The Morgan fingerprint density at radius 2 is 1.34 bits per heavy atom. The predicted molar refractivity (Wildman–Crippen MR) is 189 cm³/mol. The van der Waals surface area contributed by atoms with Gasteiger partial charge < -0.3 is 50.5 Å². The van der Waals surface area contributed by atoms with E-state index in [1.54, 1.807) is 24.3 Å². The number of rotatable bonds is 22. The van der Waals surface area contributed by atoms with Crippen LogP contribution in [0.4, 0.5) is 0 Å². The fraction of sp³-hybridized carbons (Fsp3) is 0.629. The molecule has 1 unspecified atom stereocenters. The van der Waals surface area contributed by atoms with Gasteiger partial charge in [-0.25, -0.2) is 13.1 Å². The number of benzene rings is 2. The number of nitrogens with two attached hydrogens (primary N) is 1. The molecule has 0 amide bonds. The topological polar surface area (TPSA) is 192 Å². The third-order valence-electron chi connectivity index (χ3n) is 9.62. The van der Waals surface area contributed by atoms with Gasteiger partial charge in [-0.15, -0.1) is 0 Å². The van der Waals surface area contributed by atoms with E-state index in [0.717, 1.165) is 71.2 Å². The number of phenols is 1. The maximum atomic E-state index is 13.5. The SMILES string of the molecule is COc1cc(C2c3cc4c(cc3[C@@H](NS(=O)(=O)CCNCCCCNCCCCNCCCCN)[C@H]3COC(=O)[C@H]23)OCO4)cc(OC)c1O. The molecule has 0 aromatic heterocycles. The van der Waals surface area contributed by atoms with Crippen molar-refractivity contribution < 1.29 is 42.0 Å². The molecule has 5 rings (SSSR count). The highest BCUT2D eigenvalue weighted by atomic mass is 32.2. The second kappa shape index (κ2) is 18.2.